The van der Waals surface area contributed by atoms with Crippen LogP contribution < -0.4 is 10.1 Å². The molecule has 1 aromatic rings. The van der Waals surface area contributed by atoms with Crippen molar-refractivity contribution in [1.82, 2.24) is 5.32 Å². The fourth-order valence-corrected chi connectivity index (χ4v) is 1.79. The molecular formula is C11H13NO2. The molecule has 0 aromatic heterocycles. The zero-order valence-corrected chi connectivity index (χ0v) is 8.17. The van der Waals surface area contributed by atoms with Crippen LogP contribution in [0.25, 0.3) is 0 Å². The largest absolute Gasteiger partial charge is 0.496 e. The molecule has 0 bridgehead atoms. The number of benzene rings is 1. The fourth-order valence-electron chi connectivity index (χ4n) is 1.79. The molecule has 74 valence electrons. The summed E-state index contributed by atoms with van der Waals surface area (Å²) in [6.45, 7) is 1.26. The van der Waals surface area contributed by atoms with Gasteiger partial charge < -0.3 is 10.1 Å². The van der Waals surface area contributed by atoms with Gasteiger partial charge in [0.15, 0.2) is 5.78 Å². The minimum atomic E-state index is 0.149. The number of carbonyl (C=O) groups excluding carboxylic acids is 1. The summed E-state index contributed by atoms with van der Waals surface area (Å²) in [5, 5.41) is 3.09. The molecule has 0 fully saturated rings. The summed E-state index contributed by atoms with van der Waals surface area (Å²) in [6, 6.07) is 5.63. The number of rotatable bonds is 1. The summed E-state index contributed by atoms with van der Waals surface area (Å²) in [6.07, 6.45) is 0.852. The summed E-state index contributed by atoms with van der Waals surface area (Å²) in [7, 11) is 1.64. The fraction of sp³-hybridized carbons (Fsp3) is 0.364. The van der Waals surface area contributed by atoms with E-state index in [1.807, 2.05) is 18.2 Å². The van der Waals surface area contributed by atoms with Crippen molar-refractivity contribution < 1.29 is 9.53 Å². The smallest absolute Gasteiger partial charge is 0.177 e. The van der Waals surface area contributed by atoms with E-state index in [2.05, 4.69) is 5.32 Å². The summed E-state index contributed by atoms with van der Waals surface area (Å²) in [4.78, 5) is 11.7. The summed E-state index contributed by atoms with van der Waals surface area (Å²) >= 11 is 0. The third-order valence-electron chi connectivity index (χ3n) is 2.49. The molecule has 0 radical (unpaired) electrons. The second-order valence-corrected chi connectivity index (χ2v) is 3.34. The second kappa shape index (κ2) is 3.80. The van der Waals surface area contributed by atoms with Gasteiger partial charge in [0.05, 0.1) is 13.7 Å². The van der Waals surface area contributed by atoms with Crippen molar-refractivity contribution in [3.63, 3.8) is 0 Å². The first-order valence-electron chi connectivity index (χ1n) is 4.72. The van der Waals surface area contributed by atoms with Crippen LogP contribution in [0, 0.1) is 0 Å². The number of nitrogens with one attached hydrogen (secondary N) is 1. The van der Waals surface area contributed by atoms with Gasteiger partial charge in [-0.25, -0.2) is 0 Å². The minimum absolute atomic E-state index is 0.149. The first-order chi connectivity index (χ1) is 6.83. The zero-order valence-electron chi connectivity index (χ0n) is 8.17. The highest BCUT2D eigenvalue weighted by Crippen LogP contribution is 2.24. The van der Waals surface area contributed by atoms with Crippen molar-refractivity contribution >= 4 is 5.78 Å². The number of ketones is 1. The van der Waals surface area contributed by atoms with Gasteiger partial charge in [0.1, 0.15) is 5.75 Å². The van der Waals surface area contributed by atoms with Gasteiger partial charge in [-0.15, -0.1) is 0 Å². The number of carbonyl (C=O) groups is 1. The van der Waals surface area contributed by atoms with E-state index >= 15 is 0 Å². The van der Waals surface area contributed by atoms with Crippen LogP contribution in [0.2, 0.25) is 0 Å². The lowest BCUT2D eigenvalue weighted by Crippen LogP contribution is -2.21. The first kappa shape index (κ1) is 9.21. The Bertz CT molecular complexity index is 360. The predicted octanol–water partition coefficient (Wildman–Crippen LogP) is 1.02. The molecule has 0 unspecified atom stereocenters. The van der Waals surface area contributed by atoms with Gasteiger partial charge in [-0.3, -0.25) is 4.79 Å². The highest BCUT2D eigenvalue weighted by Gasteiger charge is 2.17. The minimum Gasteiger partial charge on any atom is -0.496 e. The van der Waals surface area contributed by atoms with E-state index in [0.717, 1.165) is 29.8 Å². The van der Waals surface area contributed by atoms with Gasteiger partial charge >= 0.3 is 0 Å². The van der Waals surface area contributed by atoms with Crippen LogP contribution in [0.4, 0.5) is 0 Å². The van der Waals surface area contributed by atoms with Crippen molar-refractivity contribution in [2.24, 2.45) is 0 Å². The molecular weight excluding hydrogens is 178 g/mol. The van der Waals surface area contributed by atoms with E-state index in [1.165, 1.54) is 0 Å². The Morgan fingerprint density at radius 2 is 2.29 bits per heavy atom. The van der Waals surface area contributed by atoms with Crippen LogP contribution >= 0.6 is 0 Å². The Morgan fingerprint density at radius 1 is 1.43 bits per heavy atom. The molecule has 0 saturated heterocycles. The zero-order chi connectivity index (χ0) is 9.97. The molecule has 0 saturated carbocycles. The maximum Gasteiger partial charge on any atom is 0.177 e. The van der Waals surface area contributed by atoms with Crippen LogP contribution in [0.3, 0.4) is 0 Å². The Labute approximate surface area is 83.1 Å². The highest BCUT2D eigenvalue weighted by molar-refractivity contribution is 5.99. The summed E-state index contributed by atoms with van der Waals surface area (Å²) in [5.74, 6) is 0.968. The first-order valence-corrected chi connectivity index (χ1v) is 4.72. The maximum absolute atomic E-state index is 11.7. The standard InChI is InChI=1S/C11H13NO2/c1-14-11-4-2-3-8-9(11)5-6-12-7-10(8)13/h2-4,12H,5-7H2,1H3. The number of fused-ring (bicyclic) bond motifs is 1. The van der Waals surface area contributed by atoms with E-state index in [9.17, 15) is 4.79 Å². The molecule has 0 amide bonds. The van der Waals surface area contributed by atoms with Gasteiger partial charge in [-0.05, 0) is 19.0 Å². The van der Waals surface area contributed by atoms with Crippen molar-refractivity contribution in [2.75, 3.05) is 20.2 Å². The monoisotopic (exact) mass is 191 g/mol. The number of methoxy groups -OCH3 is 1. The third kappa shape index (κ3) is 1.51. The molecule has 0 spiro atoms. The van der Waals surface area contributed by atoms with E-state index in [4.69, 9.17) is 4.74 Å². The average Bonchev–Trinajstić information content (AvgIpc) is 2.41. The van der Waals surface area contributed by atoms with E-state index in [1.54, 1.807) is 7.11 Å². The van der Waals surface area contributed by atoms with Gasteiger partial charge in [0.2, 0.25) is 0 Å². The van der Waals surface area contributed by atoms with Crippen molar-refractivity contribution in [2.45, 2.75) is 6.42 Å². The highest BCUT2D eigenvalue weighted by atomic mass is 16.5. The van der Waals surface area contributed by atoms with Crippen LogP contribution in [0.15, 0.2) is 18.2 Å². The summed E-state index contributed by atoms with van der Waals surface area (Å²) < 4.78 is 5.24. The van der Waals surface area contributed by atoms with Crippen molar-refractivity contribution in [3.8, 4) is 5.75 Å². The summed E-state index contributed by atoms with van der Waals surface area (Å²) in [5.41, 5.74) is 1.83. The molecule has 1 aliphatic heterocycles. The lowest BCUT2D eigenvalue weighted by molar-refractivity contribution is 0.0993. The molecule has 0 atom stereocenters. The Balaban J connectivity index is 2.51. The maximum atomic E-state index is 11.7. The van der Waals surface area contributed by atoms with Gasteiger partial charge in [-0.1, -0.05) is 12.1 Å². The average molecular weight is 191 g/mol. The van der Waals surface area contributed by atoms with E-state index in [0.29, 0.717) is 6.54 Å². The topological polar surface area (TPSA) is 38.3 Å². The number of ether oxygens (including phenoxy) is 1. The predicted molar refractivity (Wildman–Crippen MR) is 53.9 cm³/mol. The molecule has 0 aliphatic carbocycles. The van der Waals surface area contributed by atoms with Crippen molar-refractivity contribution in [1.29, 1.82) is 0 Å². The molecule has 2 rings (SSSR count). The van der Waals surface area contributed by atoms with Crippen molar-refractivity contribution in [3.05, 3.63) is 29.3 Å². The molecule has 3 nitrogen and oxygen atoms in total. The molecule has 1 aromatic carbocycles. The second-order valence-electron chi connectivity index (χ2n) is 3.34. The van der Waals surface area contributed by atoms with Gasteiger partial charge in [0.25, 0.3) is 0 Å². The lowest BCUT2D eigenvalue weighted by Gasteiger charge is -2.09. The third-order valence-corrected chi connectivity index (χ3v) is 2.49. The van der Waals surface area contributed by atoms with Crippen LogP contribution in [-0.2, 0) is 6.42 Å². The SMILES string of the molecule is COc1cccc2c1CCNCC2=O. The normalized spacial score (nSPS) is 15.9. The number of Topliss-reactive ketones (excluding diaryl/α,β-unsaturated/α-hetero) is 1. The van der Waals surface area contributed by atoms with Gasteiger partial charge in [0, 0.05) is 11.1 Å². The molecule has 3 heteroatoms. The Morgan fingerprint density at radius 3 is 3.07 bits per heavy atom. The molecule has 14 heavy (non-hydrogen) atoms. The van der Waals surface area contributed by atoms with Gasteiger partial charge in [-0.2, -0.15) is 0 Å². The van der Waals surface area contributed by atoms with Crippen LogP contribution in [0.5, 0.6) is 5.75 Å². The number of hydrogen-bond donors (Lipinski definition) is 1. The number of hydrogen-bond acceptors (Lipinski definition) is 3. The van der Waals surface area contributed by atoms with E-state index < -0.39 is 0 Å². The quantitative estimate of drug-likeness (QED) is 0.720. The lowest BCUT2D eigenvalue weighted by atomic mass is 10.0. The van der Waals surface area contributed by atoms with E-state index in [-0.39, 0.29) is 5.78 Å². The molecule has 1 aliphatic rings. The van der Waals surface area contributed by atoms with Crippen LogP contribution in [-0.4, -0.2) is 26.0 Å². The van der Waals surface area contributed by atoms with Crippen LogP contribution in [0.1, 0.15) is 15.9 Å². The molecule has 1 N–H and O–H groups in total. The Kier molecular flexibility index (Phi) is 2.50. The molecule has 1 heterocycles. The Hall–Kier alpha value is -1.35.